The normalized spacial score (nSPS) is 17.0. The van der Waals surface area contributed by atoms with Gasteiger partial charge in [0, 0.05) is 17.3 Å². The van der Waals surface area contributed by atoms with Crippen molar-refractivity contribution < 1.29 is 24.2 Å². The third-order valence-electron chi connectivity index (χ3n) is 6.04. The van der Waals surface area contributed by atoms with E-state index in [9.17, 15) is 14.7 Å². The van der Waals surface area contributed by atoms with Crippen molar-refractivity contribution in [1.29, 1.82) is 0 Å². The van der Waals surface area contributed by atoms with Crippen molar-refractivity contribution in [3.63, 3.8) is 0 Å². The highest BCUT2D eigenvalue weighted by molar-refractivity contribution is 6.51. The molecule has 0 bridgehead atoms. The van der Waals surface area contributed by atoms with Crippen LogP contribution in [0.1, 0.15) is 41.6 Å². The SMILES string of the molecule is CCCOc1ccc(/C(O)=C2\C(=O)C(=O)N(c3cccc(OC)c3)C2c2cccc(C)c2)cc1C. The van der Waals surface area contributed by atoms with Crippen LogP contribution in [0.15, 0.2) is 72.3 Å². The van der Waals surface area contributed by atoms with Gasteiger partial charge in [0.1, 0.15) is 17.3 Å². The van der Waals surface area contributed by atoms with Gasteiger partial charge in [-0.1, -0.05) is 42.8 Å². The first-order chi connectivity index (χ1) is 16.8. The fourth-order valence-corrected chi connectivity index (χ4v) is 4.34. The van der Waals surface area contributed by atoms with Gasteiger partial charge in [-0.15, -0.1) is 0 Å². The van der Waals surface area contributed by atoms with Gasteiger partial charge in [-0.05, 0) is 61.7 Å². The number of nitrogens with zero attached hydrogens (tertiary/aromatic N) is 1. The molecule has 3 aromatic rings. The second kappa shape index (κ2) is 10.1. The number of carbonyl (C=O) groups is 2. The lowest BCUT2D eigenvalue weighted by molar-refractivity contribution is -0.132. The van der Waals surface area contributed by atoms with Crippen LogP contribution in [0, 0.1) is 13.8 Å². The molecule has 0 aromatic heterocycles. The van der Waals surface area contributed by atoms with Crippen LogP contribution < -0.4 is 14.4 Å². The molecule has 1 N–H and O–H groups in total. The van der Waals surface area contributed by atoms with Crippen LogP contribution in [0.5, 0.6) is 11.5 Å². The van der Waals surface area contributed by atoms with Crippen molar-refractivity contribution in [2.24, 2.45) is 0 Å². The minimum absolute atomic E-state index is 0.0463. The summed E-state index contributed by atoms with van der Waals surface area (Å²) in [5.41, 5.74) is 3.55. The van der Waals surface area contributed by atoms with Gasteiger partial charge in [0.2, 0.25) is 0 Å². The summed E-state index contributed by atoms with van der Waals surface area (Å²) in [5, 5.41) is 11.4. The summed E-state index contributed by atoms with van der Waals surface area (Å²) < 4.78 is 11.1. The highest BCUT2D eigenvalue weighted by atomic mass is 16.5. The van der Waals surface area contributed by atoms with E-state index in [4.69, 9.17) is 9.47 Å². The molecule has 1 aliphatic rings. The van der Waals surface area contributed by atoms with Crippen LogP contribution in [-0.4, -0.2) is 30.5 Å². The number of aliphatic hydroxyl groups is 1. The molecular formula is C29H29NO5. The van der Waals surface area contributed by atoms with Crippen molar-refractivity contribution in [1.82, 2.24) is 0 Å². The summed E-state index contributed by atoms with van der Waals surface area (Å²) in [6, 6.07) is 19.1. The highest BCUT2D eigenvalue weighted by Gasteiger charge is 2.47. The maximum Gasteiger partial charge on any atom is 0.300 e. The molecule has 6 heteroatoms. The molecule has 0 aliphatic carbocycles. The van der Waals surface area contributed by atoms with Crippen LogP contribution in [0.4, 0.5) is 5.69 Å². The summed E-state index contributed by atoms with van der Waals surface area (Å²) in [6.07, 6.45) is 0.880. The Morgan fingerprint density at radius 3 is 2.46 bits per heavy atom. The first-order valence-corrected chi connectivity index (χ1v) is 11.6. The molecule has 180 valence electrons. The third-order valence-corrected chi connectivity index (χ3v) is 6.04. The number of aryl methyl sites for hydroxylation is 2. The molecule has 1 aliphatic heterocycles. The second-order valence-electron chi connectivity index (χ2n) is 8.61. The number of rotatable bonds is 7. The fourth-order valence-electron chi connectivity index (χ4n) is 4.34. The van der Waals surface area contributed by atoms with E-state index in [0.717, 1.165) is 28.9 Å². The number of ketones is 1. The van der Waals surface area contributed by atoms with Gasteiger partial charge in [0.25, 0.3) is 11.7 Å². The van der Waals surface area contributed by atoms with Crippen molar-refractivity contribution >= 4 is 23.1 Å². The summed E-state index contributed by atoms with van der Waals surface area (Å²) in [6.45, 7) is 6.45. The Balaban J connectivity index is 1.89. The number of ether oxygens (including phenoxy) is 2. The molecule has 0 saturated carbocycles. The number of Topliss-reactive ketones (excluding diaryl/α,β-unsaturated/α-hetero) is 1. The van der Waals surface area contributed by atoms with Gasteiger partial charge in [0.05, 0.1) is 25.3 Å². The number of anilines is 1. The van der Waals surface area contributed by atoms with Crippen LogP contribution in [0.25, 0.3) is 5.76 Å². The van der Waals surface area contributed by atoms with E-state index in [1.54, 1.807) is 49.6 Å². The van der Waals surface area contributed by atoms with Crippen molar-refractivity contribution in [3.8, 4) is 11.5 Å². The van der Waals surface area contributed by atoms with Crippen LogP contribution >= 0.6 is 0 Å². The van der Waals surface area contributed by atoms with Gasteiger partial charge in [0.15, 0.2) is 0 Å². The summed E-state index contributed by atoms with van der Waals surface area (Å²) >= 11 is 0. The van der Waals surface area contributed by atoms with Crippen LogP contribution in [0.2, 0.25) is 0 Å². The zero-order valence-electron chi connectivity index (χ0n) is 20.4. The average Bonchev–Trinajstić information content (AvgIpc) is 3.13. The lowest BCUT2D eigenvalue weighted by Crippen LogP contribution is -2.29. The van der Waals surface area contributed by atoms with E-state index in [1.165, 1.54) is 4.90 Å². The van der Waals surface area contributed by atoms with Crippen LogP contribution in [0.3, 0.4) is 0 Å². The number of benzene rings is 3. The minimum atomic E-state index is -0.793. The first kappa shape index (κ1) is 24.1. The van der Waals surface area contributed by atoms with Gasteiger partial charge >= 0.3 is 0 Å². The molecule has 3 aromatic carbocycles. The largest absolute Gasteiger partial charge is 0.507 e. The zero-order chi connectivity index (χ0) is 25.1. The lowest BCUT2D eigenvalue weighted by Gasteiger charge is -2.26. The Bertz CT molecular complexity index is 1310. The van der Waals surface area contributed by atoms with Crippen molar-refractivity contribution in [2.75, 3.05) is 18.6 Å². The maximum absolute atomic E-state index is 13.4. The molecule has 35 heavy (non-hydrogen) atoms. The molecule has 6 nitrogen and oxygen atoms in total. The predicted octanol–water partition coefficient (Wildman–Crippen LogP) is 5.73. The molecule has 4 rings (SSSR count). The number of hydrogen-bond donors (Lipinski definition) is 1. The average molecular weight is 472 g/mol. The molecule has 1 saturated heterocycles. The maximum atomic E-state index is 13.4. The monoisotopic (exact) mass is 471 g/mol. The fraction of sp³-hybridized carbons (Fsp3) is 0.241. The van der Waals surface area contributed by atoms with E-state index in [1.807, 2.05) is 45.0 Å². The van der Waals surface area contributed by atoms with E-state index < -0.39 is 17.7 Å². The topological polar surface area (TPSA) is 76.1 Å². The number of hydrogen-bond acceptors (Lipinski definition) is 5. The Labute approximate surface area is 205 Å². The Morgan fingerprint density at radius 2 is 1.77 bits per heavy atom. The third kappa shape index (κ3) is 4.64. The molecular weight excluding hydrogens is 442 g/mol. The quantitative estimate of drug-likeness (QED) is 0.271. The number of carbonyl (C=O) groups excluding carboxylic acids is 2. The van der Waals surface area contributed by atoms with Gasteiger partial charge in [-0.3, -0.25) is 14.5 Å². The van der Waals surface area contributed by atoms with Crippen molar-refractivity contribution in [3.05, 3.63) is 94.6 Å². The summed E-state index contributed by atoms with van der Waals surface area (Å²) in [7, 11) is 1.54. The van der Waals surface area contributed by atoms with E-state index in [-0.39, 0.29) is 11.3 Å². The van der Waals surface area contributed by atoms with E-state index in [0.29, 0.717) is 23.6 Å². The zero-order valence-corrected chi connectivity index (χ0v) is 20.4. The number of amides is 1. The van der Waals surface area contributed by atoms with Gasteiger partial charge < -0.3 is 14.6 Å². The van der Waals surface area contributed by atoms with E-state index in [2.05, 4.69) is 0 Å². The molecule has 0 spiro atoms. The number of methoxy groups -OCH3 is 1. The molecule has 1 amide bonds. The minimum Gasteiger partial charge on any atom is -0.507 e. The second-order valence-corrected chi connectivity index (χ2v) is 8.61. The van der Waals surface area contributed by atoms with Crippen molar-refractivity contribution in [2.45, 2.75) is 33.2 Å². The molecule has 1 atom stereocenters. The predicted molar refractivity (Wildman–Crippen MR) is 136 cm³/mol. The summed E-state index contributed by atoms with van der Waals surface area (Å²) in [5.74, 6) is -0.377. The summed E-state index contributed by atoms with van der Waals surface area (Å²) in [4.78, 5) is 28.1. The van der Waals surface area contributed by atoms with E-state index >= 15 is 0 Å². The standard InChI is InChI=1S/C29H29NO5/c1-5-14-35-24-13-12-21(16-19(24)3)27(31)25-26(20-9-6-8-18(2)15-20)30(29(33)28(25)32)22-10-7-11-23(17-22)34-4/h6-13,15-17,26,31H,5,14H2,1-4H3/b27-25+. The highest BCUT2D eigenvalue weighted by Crippen LogP contribution is 2.43. The molecule has 0 radical (unpaired) electrons. The Hall–Kier alpha value is -4.06. The van der Waals surface area contributed by atoms with Crippen LogP contribution in [-0.2, 0) is 9.59 Å². The Morgan fingerprint density at radius 1 is 1.00 bits per heavy atom. The smallest absolute Gasteiger partial charge is 0.300 e. The Kier molecular flexibility index (Phi) is 6.92. The lowest BCUT2D eigenvalue weighted by atomic mass is 9.94. The molecule has 1 unspecified atom stereocenters. The van der Waals surface area contributed by atoms with Gasteiger partial charge in [-0.25, -0.2) is 0 Å². The molecule has 1 heterocycles. The number of aliphatic hydroxyl groups excluding tert-OH is 1. The van der Waals surface area contributed by atoms with Gasteiger partial charge in [-0.2, -0.15) is 0 Å². The molecule has 1 fully saturated rings. The first-order valence-electron chi connectivity index (χ1n) is 11.6.